The highest BCUT2D eigenvalue weighted by molar-refractivity contribution is 7.21. The first-order valence-electron chi connectivity index (χ1n) is 6.21. The molecule has 0 aliphatic rings. The molecule has 0 spiro atoms. The number of halogens is 2. The Balaban J connectivity index is 1.93. The second-order valence-electron chi connectivity index (χ2n) is 4.54. The maximum atomic E-state index is 12.3. The molecule has 0 aliphatic heterocycles. The molecule has 0 aliphatic carbocycles. The molecule has 0 N–H and O–H groups in total. The molecule has 0 saturated heterocycles. The van der Waals surface area contributed by atoms with E-state index in [0.29, 0.717) is 20.7 Å². The maximum Gasteiger partial charge on any atom is 0.355 e. The van der Waals surface area contributed by atoms with Gasteiger partial charge >= 0.3 is 5.97 Å². The van der Waals surface area contributed by atoms with Crippen LogP contribution < -0.4 is 4.74 Å². The topological polar surface area (TPSA) is 26.3 Å². The zero-order valence-electron chi connectivity index (χ0n) is 11.0. The van der Waals surface area contributed by atoms with Crippen molar-refractivity contribution < 1.29 is 9.53 Å². The predicted octanol–water partition coefficient (Wildman–Crippen LogP) is 5.74. The second-order valence-corrected chi connectivity index (χ2v) is 6.38. The van der Waals surface area contributed by atoms with Crippen molar-refractivity contribution in [2.75, 3.05) is 0 Å². The summed E-state index contributed by atoms with van der Waals surface area (Å²) in [4.78, 5) is 12.7. The van der Waals surface area contributed by atoms with Gasteiger partial charge in [-0.1, -0.05) is 41.4 Å². The van der Waals surface area contributed by atoms with Crippen LogP contribution in [0, 0.1) is 6.92 Å². The summed E-state index contributed by atoms with van der Waals surface area (Å²) in [5, 5.41) is 1.93. The lowest BCUT2D eigenvalue weighted by Crippen LogP contribution is -2.07. The van der Waals surface area contributed by atoms with Crippen molar-refractivity contribution >= 4 is 50.6 Å². The van der Waals surface area contributed by atoms with E-state index in [1.807, 2.05) is 31.2 Å². The molecule has 0 saturated carbocycles. The molecule has 1 heterocycles. The predicted molar refractivity (Wildman–Crippen MR) is 88.0 cm³/mol. The van der Waals surface area contributed by atoms with Gasteiger partial charge in [-0.3, -0.25) is 0 Å². The van der Waals surface area contributed by atoms with Crippen molar-refractivity contribution in [1.82, 2.24) is 0 Å². The number of esters is 1. The fraction of sp³-hybridized carbons (Fsp3) is 0.0625. The highest BCUT2D eigenvalue weighted by Crippen LogP contribution is 2.35. The van der Waals surface area contributed by atoms with Crippen LogP contribution in [0.3, 0.4) is 0 Å². The number of thiophene rings is 1. The minimum absolute atomic E-state index is 0.408. The third kappa shape index (κ3) is 2.77. The van der Waals surface area contributed by atoms with E-state index in [0.717, 1.165) is 15.6 Å². The zero-order chi connectivity index (χ0) is 15.0. The summed E-state index contributed by atoms with van der Waals surface area (Å²) in [7, 11) is 0. The first-order chi connectivity index (χ1) is 10.1. The van der Waals surface area contributed by atoms with Crippen LogP contribution in [0.5, 0.6) is 5.75 Å². The number of fused-ring (bicyclic) bond motifs is 1. The Kier molecular flexibility index (Phi) is 3.89. The lowest BCUT2D eigenvalue weighted by atomic mass is 10.2. The van der Waals surface area contributed by atoms with Crippen LogP contribution >= 0.6 is 34.5 Å². The summed E-state index contributed by atoms with van der Waals surface area (Å²) in [6, 6.07) is 12.7. The number of rotatable bonds is 2. The van der Waals surface area contributed by atoms with Gasteiger partial charge in [0, 0.05) is 15.1 Å². The number of benzene rings is 2. The second kappa shape index (κ2) is 5.68. The Morgan fingerprint density at radius 2 is 1.90 bits per heavy atom. The van der Waals surface area contributed by atoms with Gasteiger partial charge in [0.15, 0.2) is 0 Å². The van der Waals surface area contributed by atoms with E-state index in [1.54, 1.807) is 18.2 Å². The van der Waals surface area contributed by atoms with Gasteiger partial charge in [-0.05, 0) is 36.8 Å². The fourth-order valence-corrected chi connectivity index (χ4v) is 3.48. The summed E-state index contributed by atoms with van der Waals surface area (Å²) in [5.41, 5.74) is 0.851. The average molecular weight is 337 g/mol. The zero-order valence-corrected chi connectivity index (χ0v) is 13.4. The van der Waals surface area contributed by atoms with Gasteiger partial charge in [-0.2, -0.15) is 0 Å². The number of carbonyl (C=O) groups excluding carboxylic acids is 1. The van der Waals surface area contributed by atoms with Gasteiger partial charge in [0.1, 0.15) is 10.6 Å². The van der Waals surface area contributed by atoms with Crippen molar-refractivity contribution in [3.63, 3.8) is 0 Å². The molecule has 0 bridgehead atoms. The van der Waals surface area contributed by atoms with Gasteiger partial charge in [0.05, 0.1) is 5.02 Å². The molecule has 0 radical (unpaired) electrons. The Labute approximate surface area is 135 Å². The molecule has 0 unspecified atom stereocenters. The highest BCUT2D eigenvalue weighted by atomic mass is 35.5. The van der Waals surface area contributed by atoms with Crippen molar-refractivity contribution in [3.05, 3.63) is 63.0 Å². The van der Waals surface area contributed by atoms with Crippen LogP contribution in [0.25, 0.3) is 10.1 Å². The summed E-state index contributed by atoms with van der Waals surface area (Å²) < 4.78 is 6.33. The van der Waals surface area contributed by atoms with Gasteiger partial charge in [-0.15, -0.1) is 11.3 Å². The van der Waals surface area contributed by atoms with Crippen LogP contribution in [0.4, 0.5) is 0 Å². The maximum absolute atomic E-state index is 12.3. The SMILES string of the molecule is Cc1cc(OC(=O)c2sc3ccccc3c2Cl)ccc1Cl. The van der Waals surface area contributed by atoms with E-state index >= 15 is 0 Å². The largest absolute Gasteiger partial charge is 0.422 e. The first-order valence-corrected chi connectivity index (χ1v) is 7.79. The number of aryl methyl sites for hydroxylation is 1. The monoisotopic (exact) mass is 336 g/mol. The van der Waals surface area contributed by atoms with E-state index < -0.39 is 5.97 Å². The standard InChI is InChI=1S/C16H10Cl2O2S/c1-9-8-10(6-7-12(9)17)20-16(19)15-14(18)11-4-2-3-5-13(11)21-15/h2-8H,1H3. The van der Waals surface area contributed by atoms with E-state index in [9.17, 15) is 4.79 Å². The Bertz CT molecular complexity index is 839. The van der Waals surface area contributed by atoms with E-state index in [-0.39, 0.29) is 0 Å². The van der Waals surface area contributed by atoms with Crippen LogP contribution in [0.2, 0.25) is 10.0 Å². The smallest absolute Gasteiger partial charge is 0.355 e. The number of ether oxygens (including phenoxy) is 1. The van der Waals surface area contributed by atoms with E-state index in [4.69, 9.17) is 27.9 Å². The molecule has 5 heteroatoms. The van der Waals surface area contributed by atoms with Crippen molar-refractivity contribution in [2.24, 2.45) is 0 Å². The van der Waals surface area contributed by atoms with Crippen LogP contribution in [-0.2, 0) is 0 Å². The number of carbonyl (C=O) groups is 1. The molecule has 0 fully saturated rings. The quantitative estimate of drug-likeness (QED) is 0.440. The van der Waals surface area contributed by atoms with Crippen LogP contribution in [0.1, 0.15) is 15.2 Å². The number of hydrogen-bond acceptors (Lipinski definition) is 3. The van der Waals surface area contributed by atoms with E-state index in [1.165, 1.54) is 11.3 Å². The number of hydrogen-bond donors (Lipinski definition) is 0. The summed E-state index contributed by atoms with van der Waals surface area (Å²) >= 11 is 13.5. The van der Waals surface area contributed by atoms with E-state index in [2.05, 4.69) is 0 Å². The third-order valence-electron chi connectivity index (χ3n) is 3.06. The fourth-order valence-electron chi connectivity index (χ4n) is 1.98. The van der Waals surface area contributed by atoms with Gasteiger partial charge in [0.2, 0.25) is 0 Å². The van der Waals surface area contributed by atoms with Crippen LogP contribution in [-0.4, -0.2) is 5.97 Å². The Morgan fingerprint density at radius 3 is 2.62 bits per heavy atom. The van der Waals surface area contributed by atoms with Gasteiger partial charge < -0.3 is 4.74 Å². The molecule has 106 valence electrons. The molecule has 0 amide bonds. The molecular weight excluding hydrogens is 327 g/mol. The summed E-state index contributed by atoms with van der Waals surface area (Å²) in [6.07, 6.45) is 0. The molecule has 2 nitrogen and oxygen atoms in total. The summed E-state index contributed by atoms with van der Waals surface area (Å²) in [6.45, 7) is 1.85. The molecule has 1 aromatic heterocycles. The molecule has 3 aromatic rings. The summed E-state index contributed by atoms with van der Waals surface area (Å²) in [5.74, 6) is -0.00153. The van der Waals surface area contributed by atoms with Gasteiger partial charge in [-0.25, -0.2) is 4.79 Å². The molecular formula is C16H10Cl2O2S. The van der Waals surface area contributed by atoms with Crippen molar-refractivity contribution in [1.29, 1.82) is 0 Å². The molecule has 21 heavy (non-hydrogen) atoms. The lowest BCUT2D eigenvalue weighted by molar-refractivity contribution is 0.0740. The van der Waals surface area contributed by atoms with Gasteiger partial charge in [0.25, 0.3) is 0 Å². The highest BCUT2D eigenvalue weighted by Gasteiger charge is 2.19. The van der Waals surface area contributed by atoms with Crippen molar-refractivity contribution in [3.8, 4) is 5.75 Å². The minimum atomic E-state index is -0.456. The molecule has 3 rings (SSSR count). The molecule has 0 atom stereocenters. The molecule has 2 aromatic carbocycles. The minimum Gasteiger partial charge on any atom is -0.422 e. The average Bonchev–Trinajstić information content (AvgIpc) is 2.81. The van der Waals surface area contributed by atoms with Crippen LogP contribution in [0.15, 0.2) is 42.5 Å². The lowest BCUT2D eigenvalue weighted by Gasteiger charge is -2.05. The normalized spacial score (nSPS) is 10.8. The Morgan fingerprint density at radius 1 is 1.14 bits per heavy atom. The third-order valence-corrected chi connectivity index (χ3v) is 5.14. The van der Waals surface area contributed by atoms with Crippen molar-refractivity contribution in [2.45, 2.75) is 6.92 Å². The first kappa shape index (κ1) is 14.4. The Hall–Kier alpha value is -1.55.